The van der Waals surface area contributed by atoms with Gasteiger partial charge in [0.1, 0.15) is 17.5 Å². The third-order valence-corrected chi connectivity index (χ3v) is 2.65. The summed E-state index contributed by atoms with van der Waals surface area (Å²) in [5, 5.41) is 3.34. The van der Waals surface area contributed by atoms with Crippen molar-refractivity contribution in [1.29, 1.82) is 0 Å². The van der Waals surface area contributed by atoms with Gasteiger partial charge in [0.15, 0.2) is 0 Å². The minimum atomic E-state index is 0.695. The average molecular weight is 207 g/mol. The summed E-state index contributed by atoms with van der Waals surface area (Å²) in [7, 11) is 0. The number of rotatable bonds is 4. The molecule has 2 rings (SSSR count). The predicted molar refractivity (Wildman–Crippen MR) is 60.5 cm³/mol. The topological polar surface area (TPSA) is 75.9 Å². The van der Waals surface area contributed by atoms with Gasteiger partial charge in [-0.05, 0) is 32.6 Å². The maximum absolute atomic E-state index is 5.39. The number of nitrogen functional groups attached to an aromatic ring is 1. The summed E-state index contributed by atoms with van der Waals surface area (Å²) in [5.74, 6) is 8.53. The van der Waals surface area contributed by atoms with Gasteiger partial charge in [-0.2, -0.15) is 0 Å². The number of nitrogens with zero attached hydrogens (tertiary/aromatic N) is 2. The van der Waals surface area contributed by atoms with Gasteiger partial charge in [0.25, 0.3) is 0 Å². The molecule has 15 heavy (non-hydrogen) atoms. The molecule has 0 atom stereocenters. The van der Waals surface area contributed by atoms with E-state index in [0.29, 0.717) is 5.82 Å². The molecule has 1 aromatic heterocycles. The van der Waals surface area contributed by atoms with Crippen molar-refractivity contribution in [2.24, 2.45) is 11.8 Å². The standard InChI is InChI=1S/C10H17N5/c1-6-9(12-5-8-3-4-8)13-7(2)14-10(6)15-11/h8H,3-5,11H2,1-2H3,(H2,12,13,14,15). The van der Waals surface area contributed by atoms with E-state index in [0.717, 1.165) is 29.7 Å². The first kappa shape index (κ1) is 10.2. The first-order valence-corrected chi connectivity index (χ1v) is 5.26. The molecule has 5 heteroatoms. The van der Waals surface area contributed by atoms with Crippen LogP contribution in [0, 0.1) is 19.8 Å². The fraction of sp³-hybridized carbons (Fsp3) is 0.600. The Morgan fingerprint density at radius 2 is 1.93 bits per heavy atom. The minimum Gasteiger partial charge on any atom is -0.369 e. The van der Waals surface area contributed by atoms with Crippen molar-refractivity contribution >= 4 is 11.6 Å². The highest BCUT2D eigenvalue weighted by molar-refractivity contribution is 5.56. The number of hydrazine groups is 1. The van der Waals surface area contributed by atoms with Gasteiger partial charge < -0.3 is 10.7 Å². The highest BCUT2D eigenvalue weighted by Gasteiger charge is 2.21. The highest BCUT2D eigenvalue weighted by atomic mass is 15.3. The number of aryl methyl sites for hydroxylation is 1. The Balaban J connectivity index is 2.15. The van der Waals surface area contributed by atoms with Crippen molar-refractivity contribution < 1.29 is 0 Å². The van der Waals surface area contributed by atoms with E-state index in [2.05, 4.69) is 20.7 Å². The Morgan fingerprint density at radius 3 is 2.53 bits per heavy atom. The molecule has 0 radical (unpaired) electrons. The maximum atomic E-state index is 5.39. The summed E-state index contributed by atoms with van der Waals surface area (Å²) in [4.78, 5) is 8.57. The van der Waals surface area contributed by atoms with Crippen molar-refractivity contribution in [2.75, 3.05) is 17.3 Å². The van der Waals surface area contributed by atoms with E-state index in [1.807, 2.05) is 13.8 Å². The van der Waals surface area contributed by atoms with Gasteiger partial charge in [0, 0.05) is 12.1 Å². The zero-order chi connectivity index (χ0) is 10.8. The van der Waals surface area contributed by atoms with Gasteiger partial charge in [-0.25, -0.2) is 15.8 Å². The summed E-state index contributed by atoms with van der Waals surface area (Å²) in [6, 6.07) is 0. The Bertz CT molecular complexity index is 359. The smallest absolute Gasteiger partial charge is 0.148 e. The molecule has 82 valence electrons. The van der Waals surface area contributed by atoms with Crippen molar-refractivity contribution in [3.8, 4) is 0 Å². The molecule has 1 aliphatic carbocycles. The van der Waals surface area contributed by atoms with E-state index in [1.54, 1.807) is 0 Å². The Hall–Kier alpha value is -1.36. The zero-order valence-corrected chi connectivity index (χ0v) is 9.17. The second-order valence-corrected chi connectivity index (χ2v) is 4.06. The zero-order valence-electron chi connectivity index (χ0n) is 9.17. The number of anilines is 2. The van der Waals surface area contributed by atoms with Crippen molar-refractivity contribution in [3.05, 3.63) is 11.4 Å². The van der Waals surface area contributed by atoms with Crippen LogP contribution in [-0.2, 0) is 0 Å². The quantitative estimate of drug-likeness (QED) is 0.511. The molecule has 5 nitrogen and oxygen atoms in total. The van der Waals surface area contributed by atoms with Crippen LogP contribution in [0.3, 0.4) is 0 Å². The third-order valence-electron chi connectivity index (χ3n) is 2.65. The monoisotopic (exact) mass is 207 g/mol. The summed E-state index contributed by atoms with van der Waals surface area (Å²) in [6.45, 7) is 4.83. The normalized spacial score (nSPS) is 15.1. The molecule has 1 aliphatic rings. The minimum absolute atomic E-state index is 0.695. The first-order chi connectivity index (χ1) is 7.20. The summed E-state index contributed by atoms with van der Waals surface area (Å²) in [6.07, 6.45) is 2.66. The largest absolute Gasteiger partial charge is 0.369 e. The molecular formula is C10H17N5. The molecule has 0 spiro atoms. The van der Waals surface area contributed by atoms with Crippen LogP contribution in [0.1, 0.15) is 24.2 Å². The Morgan fingerprint density at radius 1 is 1.27 bits per heavy atom. The van der Waals surface area contributed by atoms with Crippen LogP contribution in [0.25, 0.3) is 0 Å². The lowest BCUT2D eigenvalue weighted by molar-refractivity contribution is 0.874. The molecular weight excluding hydrogens is 190 g/mol. The van der Waals surface area contributed by atoms with Gasteiger partial charge in [0.05, 0.1) is 0 Å². The van der Waals surface area contributed by atoms with Crippen LogP contribution in [-0.4, -0.2) is 16.5 Å². The molecule has 0 amide bonds. The van der Waals surface area contributed by atoms with Crippen molar-refractivity contribution in [2.45, 2.75) is 26.7 Å². The van der Waals surface area contributed by atoms with E-state index in [1.165, 1.54) is 12.8 Å². The van der Waals surface area contributed by atoms with Crippen LogP contribution in [0.5, 0.6) is 0 Å². The van der Waals surface area contributed by atoms with E-state index in [-0.39, 0.29) is 0 Å². The molecule has 0 aromatic carbocycles. The van der Waals surface area contributed by atoms with Gasteiger partial charge in [-0.15, -0.1) is 0 Å². The Labute approximate surface area is 89.5 Å². The fourth-order valence-electron chi connectivity index (χ4n) is 1.50. The van der Waals surface area contributed by atoms with Crippen molar-refractivity contribution in [1.82, 2.24) is 9.97 Å². The van der Waals surface area contributed by atoms with Crippen LogP contribution in [0.4, 0.5) is 11.6 Å². The predicted octanol–water partition coefficient (Wildman–Crippen LogP) is 1.20. The van der Waals surface area contributed by atoms with Crippen LogP contribution in [0.15, 0.2) is 0 Å². The molecule has 0 saturated heterocycles. The number of hydrogen-bond donors (Lipinski definition) is 3. The summed E-state index contributed by atoms with van der Waals surface area (Å²) < 4.78 is 0. The number of hydrogen-bond acceptors (Lipinski definition) is 5. The van der Waals surface area contributed by atoms with Crippen LogP contribution >= 0.6 is 0 Å². The maximum Gasteiger partial charge on any atom is 0.148 e. The van der Waals surface area contributed by atoms with Gasteiger partial charge in [-0.1, -0.05) is 0 Å². The first-order valence-electron chi connectivity index (χ1n) is 5.26. The van der Waals surface area contributed by atoms with E-state index >= 15 is 0 Å². The average Bonchev–Trinajstić information content (AvgIpc) is 3.02. The molecule has 0 bridgehead atoms. The van der Waals surface area contributed by atoms with Gasteiger partial charge in [0.2, 0.25) is 0 Å². The molecule has 0 unspecified atom stereocenters. The van der Waals surface area contributed by atoms with E-state index in [4.69, 9.17) is 5.84 Å². The number of aromatic nitrogens is 2. The van der Waals surface area contributed by atoms with E-state index < -0.39 is 0 Å². The highest BCUT2D eigenvalue weighted by Crippen LogP contribution is 2.29. The van der Waals surface area contributed by atoms with Crippen LogP contribution in [0.2, 0.25) is 0 Å². The molecule has 0 aliphatic heterocycles. The second-order valence-electron chi connectivity index (χ2n) is 4.06. The fourth-order valence-corrected chi connectivity index (χ4v) is 1.50. The lowest BCUT2D eigenvalue weighted by Crippen LogP contribution is -2.14. The molecule has 1 aromatic rings. The Kier molecular flexibility index (Phi) is 2.73. The van der Waals surface area contributed by atoms with Crippen LogP contribution < -0.4 is 16.6 Å². The van der Waals surface area contributed by atoms with E-state index in [9.17, 15) is 0 Å². The molecule has 1 fully saturated rings. The second kappa shape index (κ2) is 4.02. The van der Waals surface area contributed by atoms with Gasteiger partial charge in [-0.3, -0.25) is 0 Å². The summed E-state index contributed by atoms with van der Waals surface area (Å²) in [5.41, 5.74) is 3.56. The summed E-state index contributed by atoms with van der Waals surface area (Å²) >= 11 is 0. The number of nitrogens with one attached hydrogen (secondary N) is 2. The lowest BCUT2D eigenvalue weighted by Gasteiger charge is -2.11. The third kappa shape index (κ3) is 2.36. The molecule has 1 saturated carbocycles. The molecule has 4 N–H and O–H groups in total. The molecule has 1 heterocycles. The number of nitrogens with two attached hydrogens (primary N) is 1. The SMILES string of the molecule is Cc1nc(NN)c(C)c(NCC2CC2)n1. The van der Waals surface area contributed by atoms with Gasteiger partial charge >= 0.3 is 0 Å². The van der Waals surface area contributed by atoms with Crippen molar-refractivity contribution in [3.63, 3.8) is 0 Å². The lowest BCUT2D eigenvalue weighted by atomic mass is 10.3.